The molecule has 2 heterocycles. The molecule has 0 bridgehead atoms. The Morgan fingerprint density at radius 1 is 1.27 bits per heavy atom. The number of likely N-dealkylation sites (tertiary alicyclic amines) is 1. The molecule has 1 aromatic carbocycles. The van der Waals surface area contributed by atoms with E-state index in [1.165, 1.54) is 67.5 Å². The highest BCUT2D eigenvalue weighted by Gasteiger charge is 2.24. The Labute approximate surface area is 158 Å². The molecule has 0 amide bonds. The molecule has 1 aliphatic heterocycles. The number of nitrogens with one attached hydrogen (secondary N) is 1. The van der Waals surface area contributed by atoms with Crippen LogP contribution in [-0.2, 0) is 0 Å². The summed E-state index contributed by atoms with van der Waals surface area (Å²) in [5.74, 6) is 1.27. The lowest BCUT2D eigenvalue weighted by Gasteiger charge is -2.32. The van der Waals surface area contributed by atoms with Crippen LogP contribution in [0.1, 0.15) is 80.4 Å². The average Bonchev–Trinajstić information content (AvgIpc) is 2.94. The molecular weight excluding hydrogens is 320 g/mol. The van der Waals surface area contributed by atoms with Gasteiger partial charge in [0.1, 0.15) is 0 Å². The number of carbonyl (C=O) groups excluding carboxylic acids is 1. The van der Waals surface area contributed by atoms with E-state index in [9.17, 15) is 4.79 Å². The smallest absolute Gasteiger partial charge is 0.163 e. The number of carbonyl (C=O) groups is 1. The summed E-state index contributed by atoms with van der Waals surface area (Å²) in [5.41, 5.74) is 4.77. The summed E-state index contributed by atoms with van der Waals surface area (Å²) in [6.45, 7) is 12.3. The molecular formula is C23H34N2O. The van der Waals surface area contributed by atoms with Gasteiger partial charge in [-0.05, 0) is 81.4 Å². The summed E-state index contributed by atoms with van der Waals surface area (Å²) < 4.78 is 0. The van der Waals surface area contributed by atoms with Crippen LogP contribution >= 0.6 is 0 Å². The largest absolute Gasteiger partial charge is 0.358 e. The highest BCUT2D eigenvalue weighted by atomic mass is 16.1. The Kier molecular flexibility index (Phi) is 6.18. The van der Waals surface area contributed by atoms with Crippen LogP contribution in [-0.4, -0.2) is 35.3 Å². The normalized spacial score (nSPS) is 16.7. The van der Waals surface area contributed by atoms with Crippen molar-refractivity contribution in [2.24, 2.45) is 5.92 Å². The van der Waals surface area contributed by atoms with Crippen molar-refractivity contribution in [3.05, 3.63) is 35.0 Å². The van der Waals surface area contributed by atoms with Gasteiger partial charge in [0.15, 0.2) is 5.78 Å². The third-order valence-corrected chi connectivity index (χ3v) is 5.78. The zero-order chi connectivity index (χ0) is 18.7. The molecule has 0 unspecified atom stereocenters. The van der Waals surface area contributed by atoms with Gasteiger partial charge >= 0.3 is 0 Å². The van der Waals surface area contributed by atoms with Gasteiger partial charge in [-0.15, -0.1) is 0 Å². The molecule has 1 aliphatic rings. The molecule has 0 spiro atoms. The Hall–Kier alpha value is -1.61. The first kappa shape index (κ1) is 19.2. The first-order valence-corrected chi connectivity index (χ1v) is 10.4. The zero-order valence-electron chi connectivity index (χ0n) is 16.9. The molecule has 0 aliphatic carbocycles. The van der Waals surface area contributed by atoms with Crippen molar-refractivity contribution in [1.82, 2.24) is 9.88 Å². The van der Waals surface area contributed by atoms with E-state index in [4.69, 9.17) is 0 Å². The van der Waals surface area contributed by atoms with Gasteiger partial charge in [-0.25, -0.2) is 0 Å². The highest BCUT2D eigenvalue weighted by molar-refractivity contribution is 6.00. The van der Waals surface area contributed by atoms with Crippen molar-refractivity contribution in [1.29, 1.82) is 0 Å². The van der Waals surface area contributed by atoms with E-state index < -0.39 is 0 Å². The lowest BCUT2D eigenvalue weighted by Crippen LogP contribution is -2.33. The number of H-pyrrole nitrogens is 1. The van der Waals surface area contributed by atoms with Gasteiger partial charge in [-0.1, -0.05) is 27.2 Å². The number of rotatable bonds is 7. The van der Waals surface area contributed by atoms with Crippen molar-refractivity contribution < 1.29 is 4.79 Å². The maximum Gasteiger partial charge on any atom is 0.163 e. The predicted molar refractivity (Wildman–Crippen MR) is 110 cm³/mol. The molecule has 0 radical (unpaired) electrons. The lowest BCUT2D eigenvalue weighted by molar-refractivity contribution is 0.0968. The molecule has 1 aromatic heterocycles. The number of benzene rings is 1. The van der Waals surface area contributed by atoms with Gasteiger partial charge in [0, 0.05) is 28.6 Å². The van der Waals surface area contributed by atoms with Gasteiger partial charge < -0.3 is 9.88 Å². The third-order valence-electron chi connectivity index (χ3n) is 5.78. The van der Waals surface area contributed by atoms with E-state index in [-0.39, 0.29) is 5.78 Å². The summed E-state index contributed by atoms with van der Waals surface area (Å²) in [4.78, 5) is 18.7. The summed E-state index contributed by atoms with van der Waals surface area (Å²) >= 11 is 0. The van der Waals surface area contributed by atoms with E-state index in [1.54, 1.807) is 0 Å². The van der Waals surface area contributed by atoms with Crippen LogP contribution in [0.15, 0.2) is 18.2 Å². The summed E-state index contributed by atoms with van der Waals surface area (Å²) in [6, 6.07) is 6.22. The highest BCUT2D eigenvalue weighted by Crippen LogP contribution is 2.36. The number of ketones is 1. The summed E-state index contributed by atoms with van der Waals surface area (Å²) in [6.07, 6.45) is 5.65. The number of piperidine rings is 1. The first-order valence-electron chi connectivity index (χ1n) is 10.4. The molecule has 3 nitrogen and oxygen atoms in total. The number of aromatic amines is 1. The molecule has 3 rings (SSSR count). The zero-order valence-corrected chi connectivity index (χ0v) is 16.9. The maximum absolute atomic E-state index is 12.5. The molecule has 1 saturated heterocycles. The van der Waals surface area contributed by atoms with Crippen LogP contribution in [0.3, 0.4) is 0 Å². The molecule has 0 atom stereocenters. The van der Waals surface area contributed by atoms with Crippen LogP contribution in [0.5, 0.6) is 0 Å². The average molecular weight is 355 g/mol. The van der Waals surface area contributed by atoms with E-state index in [0.717, 1.165) is 5.56 Å². The molecule has 26 heavy (non-hydrogen) atoms. The Morgan fingerprint density at radius 2 is 2.00 bits per heavy atom. The topological polar surface area (TPSA) is 36.1 Å². The van der Waals surface area contributed by atoms with Crippen LogP contribution in [0, 0.1) is 12.8 Å². The predicted octanol–water partition coefficient (Wildman–Crippen LogP) is 5.68. The summed E-state index contributed by atoms with van der Waals surface area (Å²) in [7, 11) is 0. The lowest BCUT2D eigenvalue weighted by atomic mass is 9.87. The van der Waals surface area contributed by atoms with Crippen LogP contribution in [0.25, 0.3) is 10.9 Å². The number of aryl methyl sites for hydroxylation is 1. The standard InChI is InChI=1S/C23H34N2O/c1-5-6-11-25-12-9-18(10-13-25)23-17(4)24-21-8-7-19(15-20(21)23)22(26)14-16(2)3/h7-8,15-16,18,24H,5-6,9-14H2,1-4H3. The minimum Gasteiger partial charge on any atom is -0.358 e. The Balaban J connectivity index is 1.82. The molecule has 3 heteroatoms. The fraction of sp³-hybridized carbons (Fsp3) is 0.609. The first-order chi connectivity index (χ1) is 12.5. The maximum atomic E-state index is 12.5. The molecule has 142 valence electrons. The number of hydrogen-bond acceptors (Lipinski definition) is 2. The van der Waals surface area contributed by atoms with Crippen molar-refractivity contribution in [3.63, 3.8) is 0 Å². The van der Waals surface area contributed by atoms with Crippen LogP contribution < -0.4 is 0 Å². The van der Waals surface area contributed by atoms with Gasteiger partial charge in [0.25, 0.3) is 0 Å². The third kappa shape index (κ3) is 4.20. The van der Waals surface area contributed by atoms with Crippen molar-refractivity contribution in [2.45, 2.75) is 65.7 Å². The number of fused-ring (bicyclic) bond motifs is 1. The second kappa shape index (κ2) is 8.39. The molecule has 1 fully saturated rings. The van der Waals surface area contributed by atoms with Crippen LogP contribution in [0.2, 0.25) is 0 Å². The monoisotopic (exact) mass is 354 g/mol. The second-order valence-electron chi connectivity index (χ2n) is 8.41. The minimum absolute atomic E-state index is 0.265. The van der Waals surface area contributed by atoms with E-state index in [0.29, 0.717) is 18.3 Å². The Morgan fingerprint density at radius 3 is 2.65 bits per heavy atom. The van der Waals surface area contributed by atoms with E-state index in [1.807, 2.05) is 6.07 Å². The number of aromatic nitrogens is 1. The number of unbranched alkanes of at least 4 members (excludes halogenated alkanes) is 1. The van der Waals surface area contributed by atoms with Gasteiger partial charge in [0.05, 0.1) is 0 Å². The van der Waals surface area contributed by atoms with E-state index >= 15 is 0 Å². The number of Topliss-reactive ketones (excluding diaryl/α,β-unsaturated/α-hetero) is 1. The number of nitrogens with zero attached hydrogens (tertiary/aromatic N) is 1. The van der Waals surface area contributed by atoms with Crippen molar-refractivity contribution in [3.8, 4) is 0 Å². The van der Waals surface area contributed by atoms with Crippen molar-refractivity contribution in [2.75, 3.05) is 19.6 Å². The van der Waals surface area contributed by atoms with Gasteiger partial charge in [-0.3, -0.25) is 4.79 Å². The minimum atomic E-state index is 0.265. The van der Waals surface area contributed by atoms with E-state index in [2.05, 4.69) is 49.7 Å². The fourth-order valence-electron chi connectivity index (χ4n) is 4.36. The second-order valence-corrected chi connectivity index (χ2v) is 8.41. The molecule has 0 saturated carbocycles. The van der Waals surface area contributed by atoms with Gasteiger partial charge in [-0.2, -0.15) is 0 Å². The SMILES string of the molecule is CCCCN1CCC(c2c(C)[nH]c3ccc(C(=O)CC(C)C)cc23)CC1. The quantitative estimate of drug-likeness (QED) is 0.649. The molecule has 1 N–H and O–H groups in total. The fourth-order valence-corrected chi connectivity index (χ4v) is 4.36. The van der Waals surface area contributed by atoms with Gasteiger partial charge in [0.2, 0.25) is 0 Å². The van der Waals surface area contributed by atoms with Crippen LogP contribution in [0.4, 0.5) is 0 Å². The molecule has 2 aromatic rings. The Bertz CT molecular complexity index is 751. The summed E-state index contributed by atoms with van der Waals surface area (Å²) in [5, 5.41) is 1.27. The van der Waals surface area contributed by atoms with Crippen molar-refractivity contribution >= 4 is 16.7 Å². The number of hydrogen-bond donors (Lipinski definition) is 1.